The number of nitrogens with one attached hydrogen (secondary N) is 1. The predicted molar refractivity (Wildman–Crippen MR) is 92.5 cm³/mol. The van der Waals surface area contributed by atoms with Gasteiger partial charge in [0, 0.05) is 30.4 Å². The second kappa shape index (κ2) is 9.67. The zero-order chi connectivity index (χ0) is 15.7. The summed E-state index contributed by atoms with van der Waals surface area (Å²) in [6.45, 7) is 8.93. The van der Waals surface area contributed by atoms with Gasteiger partial charge in [0.1, 0.15) is 5.75 Å². The van der Waals surface area contributed by atoms with Crippen LogP contribution in [-0.2, 0) is 0 Å². The highest BCUT2D eigenvalue weighted by molar-refractivity contribution is 5.60. The molecule has 0 spiro atoms. The lowest BCUT2D eigenvalue weighted by molar-refractivity contribution is 0.403. The van der Waals surface area contributed by atoms with Gasteiger partial charge in [-0.05, 0) is 38.9 Å². The summed E-state index contributed by atoms with van der Waals surface area (Å²) in [5.41, 5.74) is 2.59. The Morgan fingerprint density at radius 2 is 1.76 bits per heavy atom. The maximum atomic E-state index is 5.60. The van der Waals surface area contributed by atoms with Crippen molar-refractivity contribution < 1.29 is 4.74 Å². The Hall–Kier alpha value is -1.22. The molecule has 0 radical (unpaired) electrons. The summed E-state index contributed by atoms with van der Waals surface area (Å²) in [7, 11) is 3.76. The first-order valence-electron chi connectivity index (χ1n) is 8.28. The molecule has 21 heavy (non-hydrogen) atoms. The van der Waals surface area contributed by atoms with Gasteiger partial charge in [0.05, 0.1) is 7.11 Å². The van der Waals surface area contributed by atoms with E-state index in [1.807, 2.05) is 7.05 Å². The van der Waals surface area contributed by atoms with Gasteiger partial charge in [-0.15, -0.1) is 0 Å². The van der Waals surface area contributed by atoms with Gasteiger partial charge in [0.25, 0.3) is 0 Å². The number of benzene rings is 1. The molecular formula is C18H32N2O. The molecule has 0 saturated carbocycles. The normalized spacial score (nSPS) is 12.2. The molecule has 0 bridgehead atoms. The van der Waals surface area contributed by atoms with Gasteiger partial charge in [0.2, 0.25) is 0 Å². The van der Waals surface area contributed by atoms with Gasteiger partial charge in [0.15, 0.2) is 0 Å². The Bertz CT molecular complexity index is 398. The van der Waals surface area contributed by atoms with Gasteiger partial charge in [-0.1, -0.05) is 32.8 Å². The van der Waals surface area contributed by atoms with E-state index in [0.29, 0.717) is 0 Å². The highest BCUT2D eigenvalue weighted by atomic mass is 16.5. The van der Waals surface area contributed by atoms with Crippen LogP contribution in [-0.4, -0.2) is 27.2 Å². The Morgan fingerprint density at radius 3 is 2.24 bits per heavy atom. The molecule has 1 aromatic rings. The van der Waals surface area contributed by atoms with E-state index in [4.69, 9.17) is 4.74 Å². The van der Waals surface area contributed by atoms with Crippen molar-refractivity contribution in [2.75, 3.05) is 32.1 Å². The number of unbranched alkanes of at least 4 members (excludes halogenated alkanes) is 2. The summed E-state index contributed by atoms with van der Waals surface area (Å²) in [5.74, 6) is 0.979. The second-order valence-electron chi connectivity index (χ2n) is 5.60. The van der Waals surface area contributed by atoms with Gasteiger partial charge in [-0.3, -0.25) is 0 Å². The lowest BCUT2D eigenvalue weighted by Gasteiger charge is -2.30. The molecule has 0 aromatic heterocycles. The fourth-order valence-electron chi connectivity index (χ4n) is 2.62. The third kappa shape index (κ3) is 4.92. The summed E-state index contributed by atoms with van der Waals surface area (Å²) in [6, 6.07) is 6.67. The summed E-state index contributed by atoms with van der Waals surface area (Å²) in [4.78, 5) is 2.53. The third-order valence-electron chi connectivity index (χ3n) is 4.03. The molecular weight excluding hydrogens is 260 g/mol. The maximum absolute atomic E-state index is 5.60. The van der Waals surface area contributed by atoms with Crippen LogP contribution in [0.3, 0.4) is 0 Å². The second-order valence-corrected chi connectivity index (χ2v) is 5.60. The largest absolute Gasteiger partial charge is 0.496 e. The summed E-state index contributed by atoms with van der Waals surface area (Å²) < 4.78 is 5.60. The van der Waals surface area contributed by atoms with E-state index in [9.17, 15) is 0 Å². The first-order valence-corrected chi connectivity index (χ1v) is 8.28. The summed E-state index contributed by atoms with van der Waals surface area (Å²) in [6.07, 6.45) is 4.91. The molecule has 0 heterocycles. The number of methoxy groups -OCH3 is 1. The quantitative estimate of drug-likeness (QED) is 0.692. The molecule has 1 N–H and O–H groups in total. The molecule has 1 atom stereocenters. The summed E-state index contributed by atoms with van der Waals surface area (Å²) in [5, 5.41) is 3.36. The van der Waals surface area contributed by atoms with Crippen LogP contribution in [0, 0.1) is 0 Å². The first-order chi connectivity index (χ1) is 10.2. The van der Waals surface area contributed by atoms with Crippen molar-refractivity contribution in [2.24, 2.45) is 0 Å². The van der Waals surface area contributed by atoms with Crippen LogP contribution in [0.1, 0.15) is 58.1 Å². The minimum Gasteiger partial charge on any atom is -0.496 e. The fraction of sp³-hybridized carbons (Fsp3) is 0.667. The zero-order valence-corrected chi connectivity index (χ0v) is 14.4. The van der Waals surface area contributed by atoms with E-state index in [2.05, 4.69) is 49.2 Å². The van der Waals surface area contributed by atoms with Gasteiger partial charge in [-0.25, -0.2) is 0 Å². The molecule has 0 fully saturated rings. The van der Waals surface area contributed by atoms with Crippen molar-refractivity contribution >= 4 is 5.69 Å². The Kier molecular flexibility index (Phi) is 8.21. The van der Waals surface area contributed by atoms with Crippen molar-refractivity contribution in [3.05, 3.63) is 23.8 Å². The monoisotopic (exact) mass is 292 g/mol. The van der Waals surface area contributed by atoms with Crippen LogP contribution in [0.2, 0.25) is 0 Å². The van der Waals surface area contributed by atoms with Crippen LogP contribution in [0.25, 0.3) is 0 Å². The highest BCUT2D eigenvalue weighted by Gasteiger charge is 2.18. The van der Waals surface area contributed by atoms with E-state index in [0.717, 1.165) is 18.8 Å². The molecule has 3 nitrogen and oxygen atoms in total. The van der Waals surface area contributed by atoms with Crippen molar-refractivity contribution in [1.29, 1.82) is 0 Å². The number of nitrogens with zero attached hydrogens (tertiary/aromatic N) is 1. The van der Waals surface area contributed by atoms with E-state index in [1.165, 1.54) is 36.9 Å². The van der Waals surface area contributed by atoms with Crippen LogP contribution < -0.4 is 15.0 Å². The molecule has 1 rings (SSSR count). The standard InChI is InChI=1S/C18H32N2O/c1-6-8-13-20(14-9-7-2)16-11-10-12-17(21-5)18(16)15(3)19-4/h10-12,15,19H,6-9,13-14H2,1-5H3. The number of rotatable bonds is 10. The number of anilines is 1. The Balaban J connectivity index is 3.14. The number of ether oxygens (including phenoxy) is 1. The molecule has 0 aliphatic heterocycles. The van der Waals surface area contributed by atoms with Crippen LogP contribution in [0.15, 0.2) is 18.2 Å². The molecule has 0 amide bonds. The SMILES string of the molecule is CCCCN(CCCC)c1cccc(OC)c1C(C)NC. The lowest BCUT2D eigenvalue weighted by atomic mass is 10.0. The van der Waals surface area contributed by atoms with E-state index in [1.54, 1.807) is 7.11 Å². The molecule has 120 valence electrons. The van der Waals surface area contributed by atoms with Gasteiger partial charge in [-0.2, -0.15) is 0 Å². The van der Waals surface area contributed by atoms with Crippen molar-refractivity contribution in [3.8, 4) is 5.75 Å². The number of hydrogen-bond acceptors (Lipinski definition) is 3. The smallest absolute Gasteiger partial charge is 0.125 e. The van der Waals surface area contributed by atoms with E-state index >= 15 is 0 Å². The zero-order valence-electron chi connectivity index (χ0n) is 14.4. The van der Waals surface area contributed by atoms with Crippen molar-refractivity contribution in [2.45, 2.75) is 52.5 Å². The maximum Gasteiger partial charge on any atom is 0.125 e. The molecule has 0 aliphatic rings. The van der Waals surface area contributed by atoms with Crippen molar-refractivity contribution in [1.82, 2.24) is 5.32 Å². The number of hydrogen-bond donors (Lipinski definition) is 1. The third-order valence-corrected chi connectivity index (χ3v) is 4.03. The molecule has 0 saturated heterocycles. The highest BCUT2D eigenvalue weighted by Crippen LogP contribution is 2.34. The lowest BCUT2D eigenvalue weighted by Crippen LogP contribution is -2.28. The van der Waals surface area contributed by atoms with Crippen molar-refractivity contribution in [3.63, 3.8) is 0 Å². The predicted octanol–water partition coefficient (Wildman–Crippen LogP) is 4.38. The van der Waals surface area contributed by atoms with Gasteiger partial charge >= 0.3 is 0 Å². The Labute approximate surface area is 130 Å². The van der Waals surface area contributed by atoms with E-state index < -0.39 is 0 Å². The first kappa shape index (κ1) is 17.8. The average molecular weight is 292 g/mol. The fourth-order valence-corrected chi connectivity index (χ4v) is 2.62. The molecule has 1 aromatic carbocycles. The van der Waals surface area contributed by atoms with E-state index in [-0.39, 0.29) is 6.04 Å². The minimum atomic E-state index is 0.280. The molecule has 1 unspecified atom stereocenters. The average Bonchev–Trinajstić information content (AvgIpc) is 2.53. The summed E-state index contributed by atoms with van der Waals surface area (Å²) >= 11 is 0. The molecule has 3 heteroatoms. The molecule has 0 aliphatic carbocycles. The Morgan fingerprint density at radius 1 is 1.14 bits per heavy atom. The topological polar surface area (TPSA) is 24.5 Å². The van der Waals surface area contributed by atoms with Crippen LogP contribution >= 0.6 is 0 Å². The van der Waals surface area contributed by atoms with Crippen LogP contribution in [0.5, 0.6) is 5.75 Å². The van der Waals surface area contributed by atoms with Crippen LogP contribution in [0.4, 0.5) is 5.69 Å². The minimum absolute atomic E-state index is 0.280. The van der Waals surface area contributed by atoms with Gasteiger partial charge < -0.3 is 15.0 Å².